The first-order valence-corrected chi connectivity index (χ1v) is 6.59. The molecule has 1 aliphatic heterocycles. The largest absolute Gasteiger partial charge is 0.392 e. The molecule has 1 fully saturated rings. The van der Waals surface area contributed by atoms with Crippen molar-refractivity contribution in [1.29, 1.82) is 0 Å². The lowest BCUT2D eigenvalue weighted by Crippen LogP contribution is -2.28. The minimum absolute atomic E-state index is 0.102. The molecular weight excluding hydrogens is 267 g/mol. The van der Waals surface area contributed by atoms with Crippen LogP contribution in [0.25, 0.3) is 6.08 Å². The van der Waals surface area contributed by atoms with Gasteiger partial charge in [-0.1, -0.05) is 30.4 Å². The number of rotatable bonds is 3. The summed E-state index contributed by atoms with van der Waals surface area (Å²) in [7, 11) is 0. The van der Waals surface area contributed by atoms with Crippen molar-refractivity contribution in [3.63, 3.8) is 0 Å². The summed E-state index contributed by atoms with van der Waals surface area (Å²) in [4.78, 5) is 14.0. The van der Waals surface area contributed by atoms with Gasteiger partial charge in [-0.15, -0.1) is 0 Å². The molecule has 20 heavy (non-hydrogen) atoms. The molecule has 0 N–H and O–H groups in total. The van der Waals surface area contributed by atoms with E-state index in [1.165, 1.54) is 6.08 Å². The third-order valence-corrected chi connectivity index (χ3v) is 3.23. The van der Waals surface area contributed by atoms with E-state index in [4.69, 9.17) is 0 Å². The molecule has 1 aliphatic rings. The quantitative estimate of drug-likeness (QED) is 0.824. The molecule has 0 saturated carbocycles. The van der Waals surface area contributed by atoms with Gasteiger partial charge in [0.1, 0.15) is 0 Å². The molecule has 1 aromatic rings. The Bertz CT molecular complexity index is 502. The highest BCUT2D eigenvalue weighted by Gasteiger charge is 2.25. The first-order valence-electron chi connectivity index (χ1n) is 6.59. The van der Waals surface area contributed by atoms with Crippen LogP contribution in [0.3, 0.4) is 0 Å². The molecule has 0 aliphatic carbocycles. The monoisotopic (exact) mass is 283 g/mol. The van der Waals surface area contributed by atoms with Crippen molar-refractivity contribution in [1.82, 2.24) is 4.90 Å². The van der Waals surface area contributed by atoms with E-state index in [9.17, 15) is 18.0 Å². The molecule has 2 nitrogen and oxygen atoms in total. The first-order chi connectivity index (χ1) is 9.47. The summed E-state index contributed by atoms with van der Waals surface area (Å²) in [5.74, 6) is -0.102. The van der Waals surface area contributed by atoms with Gasteiger partial charge < -0.3 is 4.90 Å². The molecule has 1 heterocycles. The van der Waals surface area contributed by atoms with Crippen LogP contribution in [0.2, 0.25) is 0 Å². The highest BCUT2D eigenvalue weighted by molar-refractivity contribution is 5.97. The number of halogens is 3. The van der Waals surface area contributed by atoms with Crippen LogP contribution in [-0.4, -0.2) is 30.1 Å². The molecule has 0 radical (unpaired) electrons. The summed E-state index contributed by atoms with van der Waals surface area (Å²) in [6.45, 7) is 1.44. The van der Waals surface area contributed by atoms with Crippen LogP contribution in [0.5, 0.6) is 0 Å². The van der Waals surface area contributed by atoms with Crippen molar-refractivity contribution in [3.05, 3.63) is 41.5 Å². The Morgan fingerprint density at radius 1 is 1.20 bits per heavy atom. The van der Waals surface area contributed by atoms with Crippen LogP contribution in [0.1, 0.15) is 35.2 Å². The Morgan fingerprint density at radius 3 is 2.50 bits per heavy atom. The number of carbonyl (C=O) groups excluding carboxylic acids is 1. The molecule has 0 unspecified atom stereocenters. The predicted molar refractivity (Wildman–Crippen MR) is 71.3 cm³/mol. The van der Waals surface area contributed by atoms with Crippen molar-refractivity contribution in [2.24, 2.45) is 0 Å². The van der Waals surface area contributed by atoms with Crippen molar-refractivity contribution >= 4 is 12.0 Å². The second kappa shape index (κ2) is 6.11. The summed E-state index contributed by atoms with van der Waals surface area (Å²) < 4.78 is 36.4. The molecule has 5 heteroatoms. The normalized spacial score (nSPS) is 16.1. The van der Waals surface area contributed by atoms with E-state index in [0.717, 1.165) is 32.0 Å². The maximum atomic E-state index is 12.3. The molecule has 0 bridgehead atoms. The molecule has 1 aromatic carbocycles. The van der Waals surface area contributed by atoms with E-state index in [0.29, 0.717) is 11.1 Å². The number of amides is 1. The molecule has 1 saturated heterocycles. The number of hydrogen-bond acceptors (Lipinski definition) is 1. The summed E-state index contributed by atoms with van der Waals surface area (Å²) in [6.07, 6.45) is -0.813. The van der Waals surface area contributed by atoms with Crippen LogP contribution >= 0.6 is 0 Å². The number of benzene rings is 1. The SMILES string of the molecule is O=C(c1ccccc1/C=C/CC(F)(F)F)N1CCCC1. The third-order valence-electron chi connectivity index (χ3n) is 3.23. The van der Waals surface area contributed by atoms with Crippen molar-refractivity contribution in [2.45, 2.75) is 25.4 Å². The number of hydrogen-bond donors (Lipinski definition) is 0. The van der Waals surface area contributed by atoms with E-state index in [-0.39, 0.29) is 5.91 Å². The zero-order valence-corrected chi connectivity index (χ0v) is 11.0. The van der Waals surface area contributed by atoms with Gasteiger partial charge in [0, 0.05) is 18.7 Å². The lowest BCUT2D eigenvalue weighted by Gasteiger charge is -2.16. The zero-order chi connectivity index (χ0) is 14.6. The number of alkyl halides is 3. The lowest BCUT2D eigenvalue weighted by atomic mass is 10.1. The van der Waals surface area contributed by atoms with Crippen LogP contribution < -0.4 is 0 Å². The van der Waals surface area contributed by atoms with Crippen molar-refractivity contribution in [3.8, 4) is 0 Å². The van der Waals surface area contributed by atoms with Gasteiger partial charge in [0.15, 0.2) is 0 Å². The van der Waals surface area contributed by atoms with E-state index in [1.54, 1.807) is 29.2 Å². The van der Waals surface area contributed by atoms with Crippen LogP contribution in [-0.2, 0) is 0 Å². The topological polar surface area (TPSA) is 20.3 Å². The van der Waals surface area contributed by atoms with Gasteiger partial charge >= 0.3 is 6.18 Å². The molecule has 2 rings (SSSR count). The van der Waals surface area contributed by atoms with E-state index in [2.05, 4.69) is 0 Å². The summed E-state index contributed by atoms with van der Waals surface area (Å²) in [6, 6.07) is 6.77. The standard InChI is InChI=1S/C15H16F3NO/c16-15(17,18)9-5-7-12-6-1-2-8-13(12)14(20)19-10-3-4-11-19/h1-2,5-8H,3-4,9-11H2/b7-5+. The Hall–Kier alpha value is -1.78. The van der Waals surface area contributed by atoms with E-state index < -0.39 is 12.6 Å². The Morgan fingerprint density at radius 2 is 1.85 bits per heavy atom. The van der Waals surface area contributed by atoms with Crippen molar-refractivity contribution in [2.75, 3.05) is 13.1 Å². The number of allylic oxidation sites excluding steroid dienone is 1. The molecular formula is C15H16F3NO. The molecule has 0 aromatic heterocycles. The van der Waals surface area contributed by atoms with Crippen molar-refractivity contribution < 1.29 is 18.0 Å². The molecule has 0 spiro atoms. The van der Waals surface area contributed by atoms with Crippen LogP contribution in [0.15, 0.2) is 30.3 Å². The fourth-order valence-electron chi connectivity index (χ4n) is 2.25. The fraction of sp³-hybridized carbons (Fsp3) is 0.400. The maximum Gasteiger partial charge on any atom is 0.392 e. The Balaban J connectivity index is 2.15. The van der Waals surface area contributed by atoms with Gasteiger partial charge in [-0.3, -0.25) is 4.79 Å². The maximum absolute atomic E-state index is 12.3. The highest BCUT2D eigenvalue weighted by Crippen LogP contribution is 2.22. The predicted octanol–water partition coefficient (Wildman–Crippen LogP) is 3.89. The summed E-state index contributed by atoms with van der Waals surface area (Å²) in [5, 5.41) is 0. The minimum atomic E-state index is -4.22. The van der Waals surface area contributed by atoms with Gasteiger partial charge in [0.2, 0.25) is 0 Å². The zero-order valence-electron chi connectivity index (χ0n) is 11.0. The van der Waals surface area contributed by atoms with Gasteiger partial charge in [0.05, 0.1) is 6.42 Å². The van der Waals surface area contributed by atoms with Crippen LogP contribution in [0.4, 0.5) is 13.2 Å². The molecule has 0 atom stereocenters. The highest BCUT2D eigenvalue weighted by atomic mass is 19.4. The minimum Gasteiger partial charge on any atom is -0.339 e. The Kier molecular flexibility index (Phi) is 4.47. The smallest absolute Gasteiger partial charge is 0.339 e. The Labute approximate surface area is 115 Å². The van der Waals surface area contributed by atoms with E-state index in [1.807, 2.05) is 0 Å². The summed E-state index contributed by atoms with van der Waals surface area (Å²) >= 11 is 0. The second-order valence-electron chi connectivity index (χ2n) is 4.81. The van der Waals surface area contributed by atoms with E-state index >= 15 is 0 Å². The molecule has 1 amide bonds. The van der Waals surface area contributed by atoms with Gasteiger partial charge in [-0.05, 0) is 24.5 Å². The average molecular weight is 283 g/mol. The van der Waals surface area contributed by atoms with Gasteiger partial charge in [0.25, 0.3) is 5.91 Å². The summed E-state index contributed by atoms with van der Waals surface area (Å²) in [5.41, 5.74) is 1.00. The number of likely N-dealkylation sites (tertiary alicyclic amines) is 1. The van der Waals surface area contributed by atoms with Gasteiger partial charge in [-0.2, -0.15) is 13.2 Å². The second-order valence-corrected chi connectivity index (χ2v) is 4.81. The lowest BCUT2D eigenvalue weighted by molar-refractivity contribution is -0.124. The average Bonchev–Trinajstić information content (AvgIpc) is 2.91. The number of nitrogens with zero attached hydrogens (tertiary/aromatic N) is 1. The molecule has 108 valence electrons. The van der Waals surface area contributed by atoms with Gasteiger partial charge in [-0.25, -0.2) is 0 Å². The van der Waals surface area contributed by atoms with Crippen LogP contribution in [0, 0.1) is 0 Å². The number of carbonyl (C=O) groups is 1. The third kappa shape index (κ3) is 3.85. The first kappa shape index (κ1) is 14.6. The fourth-order valence-corrected chi connectivity index (χ4v) is 2.25.